The highest BCUT2D eigenvalue weighted by Crippen LogP contribution is 2.50. The summed E-state index contributed by atoms with van der Waals surface area (Å²) in [5, 5.41) is 4.59. The van der Waals surface area contributed by atoms with E-state index in [4.69, 9.17) is 5.73 Å². The SMILES string of the molecule is CCC(=O)c1sc(NCC2(CC)CC2)c(SC)c1N. The van der Waals surface area contributed by atoms with Crippen molar-refractivity contribution in [3.05, 3.63) is 4.88 Å². The van der Waals surface area contributed by atoms with E-state index in [9.17, 15) is 4.79 Å². The molecule has 1 aliphatic rings. The number of hydrogen-bond donors (Lipinski definition) is 2. The third kappa shape index (κ3) is 2.92. The number of thioether (sulfide) groups is 1. The molecule has 19 heavy (non-hydrogen) atoms. The highest BCUT2D eigenvalue weighted by atomic mass is 32.2. The van der Waals surface area contributed by atoms with E-state index >= 15 is 0 Å². The summed E-state index contributed by atoms with van der Waals surface area (Å²) in [6, 6.07) is 0. The Hall–Kier alpha value is -0.680. The number of carbonyl (C=O) groups excluding carboxylic acids is 1. The summed E-state index contributed by atoms with van der Waals surface area (Å²) in [5.74, 6) is 0.141. The molecule has 0 atom stereocenters. The molecule has 0 radical (unpaired) electrons. The Morgan fingerprint density at radius 1 is 1.47 bits per heavy atom. The topological polar surface area (TPSA) is 55.1 Å². The smallest absolute Gasteiger partial charge is 0.174 e. The zero-order valence-corrected chi connectivity index (χ0v) is 13.5. The number of ketones is 1. The van der Waals surface area contributed by atoms with Crippen molar-refractivity contribution in [1.29, 1.82) is 0 Å². The third-order valence-electron chi connectivity index (χ3n) is 4.01. The first kappa shape index (κ1) is 14.7. The minimum Gasteiger partial charge on any atom is -0.396 e. The Labute approximate surface area is 123 Å². The molecule has 0 unspecified atom stereocenters. The van der Waals surface area contributed by atoms with Gasteiger partial charge in [0.2, 0.25) is 0 Å². The van der Waals surface area contributed by atoms with Gasteiger partial charge >= 0.3 is 0 Å². The fraction of sp³-hybridized carbons (Fsp3) is 0.643. The van der Waals surface area contributed by atoms with Gasteiger partial charge in [-0.25, -0.2) is 0 Å². The standard InChI is InChI=1S/C14H22N2OS2/c1-4-9(17)11-10(15)12(18-3)13(19-11)16-8-14(5-2)6-7-14/h16H,4-8,15H2,1-3H3. The number of anilines is 2. The largest absolute Gasteiger partial charge is 0.396 e. The van der Waals surface area contributed by atoms with Gasteiger partial charge in [0.1, 0.15) is 5.00 Å². The van der Waals surface area contributed by atoms with Crippen LogP contribution in [-0.2, 0) is 0 Å². The van der Waals surface area contributed by atoms with Crippen molar-refractivity contribution < 1.29 is 4.79 Å². The lowest BCUT2D eigenvalue weighted by Crippen LogP contribution is -2.13. The van der Waals surface area contributed by atoms with Crippen LogP contribution in [0.1, 0.15) is 49.2 Å². The van der Waals surface area contributed by atoms with E-state index in [2.05, 4.69) is 12.2 Å². The first-order chi connectivity index (χ1) is 9.06. The molecule has 0 bridgehead atoms. The summed E-state index contributed by atoms with van der Waals surface area (Å²) in [6.45, 7) is 5.12. The molecule has 1 heterocycles. The molecule has 3 nitrogen and oxygen atoms in total. The molecule has 0 saturated heterocycles. The molecule has 1 aromatic heterocycles. The Morgan fingerprint density at radius 3 is 2.63 bits per heavy atom. The highest BCUT2D eigenvalue weighted by molar-refractivity contribution is 7.99. The van der Waals surface area contributed by atoms with E-state index in [1.54, 1.807) is 11.8 Å². The summed E-state index contributed by atoms with van der Waals surface area (Å²) >= 11 is 3.14. The molecule has 0 aromatic carbocycles. The van der Waals surface area contributed by atoms with Crippen molar-refractivity contribution in [3.8, 4) is 0 Å². The molecule has 5 heteroatoms. The van der Waals surface area contributed by atoms with Crippen LogP contribution in [0, 0.1) is 5.41 Å². The van der Waals surface area contributed by atoms with E-state index in [1.807, 2.05) is 13.2 Å². The van der Waals surface area contributed by atoms with Crippen LogP contribution in [0.15, 0.2) is 4.90 Å². The number of Topliss-reactive ketones (excluding diaryl/α,β-unsaturated/α-hetero) is 1. The van der Waals surface area contributed by atoms with Gasteiger partial charge in [0.15, 0.2) is 5.78 Å². The Morgan fingerprint density at radius 2 is 2.16 bits per heavy atom. The van der Waals surface area contributed by atoms with E-state index in [0.29, 0.717) is 17.5 Å². The molecule has 1 saturated carbocycles. The van der Waals surface area contributed by atoms with Gasteiger partial charge in [-0.1, -0.05) is 13.8 Å². The maximum atomic E-state index is 11.9. The predicted molar refractivity (Wildman–Crippen MR) is 85.6 cm³/mol. The quantitative estimate of drug-likeness (QED) is 0.584. The number of rotatable bonds is 7. The average Bonchev–Trinajstić information content (AvgIpc) is 3.14. The lowest BCUT2D eigenvalue weighted by Gasteiger charge is -2.14. The number of nitrogens with two attached hydrogens (primary N) is 1. The number of thiophene rings is 1. The van der Waals surface area contributed by atoms with Crippen LogP contribution in [0.2, 0.25) is 0 Å². The fourth-order valence-electron chi connectivity index (χ4n) is 2.22. The molecule has 1 fully saturated rings. The molecule has 0 spiro atoms. The van der Waals surface area contributed by atoms with Gasteiger partial charge in [-0.2, -0.15) is 0 Å². The number of carbonyl (C=O) groups is 1. The monoisotopic (exact) mass is 298 g/mol. The second-order valence-electron chi connectivity index (χ2n) is 5.19. The molecule has 1 aliphatic carbocycles. The van der Waals surface area contributed by atoms with Crippen LogP contribution in [0.25, 0.3) is 0 Å². The normalized spacial score (nSPS) is 16.4. The third-order valence-corrected chi connectivity index (χ3v) is 6.17. The van der Waals surface area contributed by atoms with Crippen LogP contribution >= 0.6 is 23.1 Å². The molecule has 1 aromatic rings. The summed E-state index contributed by atoms with van der Waals surface area (Å²) in [7, 11) is 0. The lowest BCUT2D eigenvalue weighted by molar-refractivity contribution is 0.0992. The zero-order chi connectivity index (χ0) is 14.0. The zero-order valence-electron chi connectivity index (χ0n) is 11.8. The number of nitrogens with one attached hydrogen (secondary N) is 1. The molecular weight excluding hydrogens is 276 g/mol. The first-order valence-corrected chi connectivity index (χ1v) is 8.84. The van der Waals surface area contributed by atoms with Gasteiger partial charge < -0.3 is 11.1 Å². The van der Waals surface area contributed by atoms with Crippen LogP contribution in [-0.4, -0.2) is 18.6 Å². The van der Waals surface area contributed by atoms with Crippen molar-refractivity contribution >= 4 is 39.6 Å². The van der Waals surface area contributed by atoms with Crippen molar-refractivity contribution in [2.75, 3.05) is 23.9 Å². The summed E-state index contributed by atoms with van der Waals surface area (Å²) < 4.78 is 0. The molecule has 3 N–H and O–H groups in total. The molecule has 2 rings (SSSR count). The maximum absolute atomic E-state index is 11.9. The van der Waals surface area contributed by atoms with Crippen molar-refractivity contribution in [2.24, 2.45) is 5.41 Å². The Bertz CT molecular complexity index is 478. The maximum Gasteiger partial charge on any atom is 0.174 e. The fourth-order valence-corrected chi connectivity index (χ4v) is 4.26. The van der Waals surface area contributed by atoms with Gasteiger partial charge in [-0.3, -0.25) is 4.79 Å². The summed E-state index contributed by atoms with van der Waals surface area (Å²) in [6.07, 6.45) is 6.36. The van der Waals surface area contributed by atoms with Gasteiger partial charge in [0.25, 0.3) is 0 Å². The highest BCUT2D eigenvalue weighted by Gasteiger charge is 2.40. The van der Waals surface area contributed by atoms with E-state index in [0.717, 1.165) is 21.3 Å². The lowest BCUT2D eigenvalue weighted by atomic mass is 10.0. The summed E-state index contributed by atoms with van der Waals surface area (Å²) in [5.41, 5.74) is 7.26. The predicted octanol–water partition coefficient (Wildman–Crippen LogP) is 4.25. The number of nitrogen functional groups attached to an aromatic ring is 1. The van der Waals surface area contributed by atoms with Crippen LogP contribution in [0.3, 0.4) is 0 Å². The molecule has 0 amide bonds. The van der Waals surface area contributed by atoms with E-state index in [-0.39, 0.29) is 5.78 Å². The van der Waals surface area contributed by atoms with Gasteiger partial charge in [-0.05, 0) is 30.9 Å². The minimum absolute atomic E-state index is 0.141. The minimum atomic E-state index is 0.141. The van der Waals surface area contributed by atoms with Gasteiger partial charge in [0.05, 0.1) is 15.5 Å². The second-order valence-corrected chi connectivity index (χ2v) is 7.03. The number of hydrogen-bond acceptors (Lipinski definition) is 5. The Kier molecular flexibility index (Phi) is 4.46. The molecule has 106 valence electrons. The summed E-state index contributed by atoms with van der Waals surface area (Å²) in [4.78, 5) is 13.6. The van der Waals surface area contributed by atoms with Crippen LogP contribution in [0.5, 0.6) is 0 Å². The van der Waals surface area contributed by atoms with Crippen LogP contribution < -0.4 is 11.1 Å². The van der Waals surface area contributed by atoms with Crippen molar-refractivity contribution in [2.45, 2.75) is 44.4 Å². The molecule has 0 aliphatic heterocycles. The van der Waals surface area contributed by atoms with E-state index in [1.165, 1.54) is 30.6 Å². The second kappa shape index (κ2) is 5.75. The van der Waals surface area contributed by atoms with Gasteiger partial charge in [0, 0.05) is 13.0 Å². The van der Waals surface area contributed by atoms with Gasteiger partial charge in [-0.15, -0.1) is 23.1 Å². The average molecular weight is 298 g/mol. The Balaban J connectivity index is 2.17. The van der Waals surface area contributed by atoms with Crippen molar-refractivity contribution in [1.82, 2.24) is 0 Å². The first-order valence-electron chi connectivity index (χ1n) is 6.80. The van der Waals surface area contributed by atoms with Crippen molar-refractivity contribution in [3.63, 3.8) is 0 Å². The van der Waals surface area contributed by atoms with Crippen LogP contribution in [0.4, 0.5) is 10.7 Å². The molecular formula is C14H22N2OS2. The van der Waals surface area contributed by atoms with E-state index < -0.39 is 0 Å².